The third-order valence-electron chi connectivity index (χ3n) is 2.20. The Morgan fingerprint density at radius 2 is 2.28 bits per heavy atom. The number of anilines is 1. The van der Waals surface area contributed by atoms with E-state index >= 15 is 0 Å². The summed E-state index contributed by atoms with van der Waals surface area (Å²) in [6.45, 7) is 4.14. The van der Waals surface area contributed by atoms with Crippen molar-refractivity contribution in [1.29, 1.82) is 0 Å². The lowest BCUT2D eigenvalue weighted by molar-refractivity contribution is 0.361. The smallest absolute Gasteiger partial charge is 0.229 e. The maximum atomic E-state index is 13.4. The number of pyridine rings is 1. The summed E-state index contributed by atoms with van der Waals surface area (Å²) in [5.41, 5.74) is 0. The first kappa shape index (κ1) is 12.8. The summed E-state index contributed by atoms with van der Waals surface area (Å²) >= 11 is 5.60. The van der Waals surface area contributed by atoms with Crippen molar-refractivity contribution in [3.05, 3.63) is 34.8 Å². The van der Waals surface area contributed by atoms with Crippen molar-refractivity contribution in [2.45, 2.75) is 26.3 Å². The zero-order chi connectivity index (χ0) is 13.1. The predicted octanol–water partition coefficient (Wildman–Crippen LogP) is 2.99. The molecule has 0 atom stereocenters. The van der Waals surface area contributed by atoms with Crippen LogP contribution in [-0.2, 0) is 6.54 Å². The van der Waals surface area contributed by atoms with Gasteiger partial charge in [-0.2, -0.15) is 4.98 Å². The second kappa shape index (κ2) is 5.30. The van der Waals surface area contributed by atoms with E-state index in [1.807, 2.05) is 13.8 Å². The molecule has 96 valence electrons. The molecule has 7 heteroatoms. The van der Waals surface area contributed by atoms with Gasteiger partial charge in [-0.1, -0.05) is 30.6 Å². The summed E-state index contributed by atoms with van der Waals surface area (Å²) in [6, 6.07) is 1.19. The monoisotopic (exact) mass is 270 g/mol. The summed E-state index contributed by atoms with van der Waals surface area (Å²) in [6.07, 6.45) is 1.36. The molecule has 0 saturated carbocycles. The molecule has 5 nitrogen and oxygen atoms in total. The molecule has 0 radical (unpaired) electrons. The Balaban J connectivity index is 2.02. The van der Waals surface area contributed by atoms with Crippen LogP contribution in [-0.4, -0.2) is 15.1 Å². The molecule has 1 N–H and O–H groups in total. The van der Waals surface area contributed by atoms with Crippen molar-refractivity contribution >= 4 is 17.4 Å². The lowest BCUT2D eigenvalue weighted by atomic mass is 10.2. The van der Waals surface area contributed by atoms with Crippen molar-refractivity contribution in [2.24, 2.45) is 0 Å². The van der Waals surface area contributed by atoms with Crippen molar-refractivity contribution < 1.29 is 8.91 Å². The van der Waals surface area contributed by atoms with Crippen LogP contribution in [0.3, 0.4) is 0 Å². The number of nitrogens with one attached hydrogen (secondary N) is 1. The van der Waals surface area contributed by atoms with Crippen LogP contribution in [0.5, 0.6) is 0 Å². The van der Waals surface area contributed by atoms with Crippen LogP contribution in [0.15, 0.2) is 16.8 Å². The highest BCUT2D eigenvalue weighted by Gasteiger charge is 2.10. The van der Waals surface area contributed by atoms with Gasteiger partial charge in [0.05, 0.1) is 11.6 Å². The SMILES string of the molecule is CC(C)c1nc(CNc2ncc(Cl)cc2F)no1. The number of hydrogen-bond donors (Lipinski definition) is 1. The van der Waals surface area contributed by atoms with Crippen LogP contribution < -0.4 is 5.32 Å². The second-order valence-corrected chi connectivity index (χ2v) is 4.48. The Hall–Kier alpha value is -1.69. The maximum absolute atomic E-state index is 13.4. The average Bonchev–Trinajstić information content (AvgIpc) is 2.76. The highest BCUT2D eigenvalue weighted by Crippen LogP contribution is 2.16. The Kier molecular flexibility index (Phi) is 3.76. The first-order valence-electron chi connectivity index (χ1n) is 5.43. The molecule has 0 spiro atoms. The van der Waals surface area contributed by atoms with E-state index in [1.165, 1.54) is 12.3 Å². The molecular weight excluding hydrogens is 259 g/mol. The van der Waals surface area contributed by atoms with Gasteiger partial charge in [-0.3, -0.25) is 0 Å². The first-order chi connectivity index (χ1) is 8.56. The summed E-state index contributed by atoms with van der Waals surface area (Å²) in [5.74, 6) is 0.758. The molecule has 2 heterocycles. The molecule has 0 amide bonds. The zero-order valence-electron chi connectivity index (χ0n) is 9.94. The Morgan fingerprint density at radius 3 is 2.89 bits per heavy atom. The van der Waals surface area contributed by atoms with E-state index in [-0.39, 0.29) is 23.3 Å². The van der Waals surface area contributed by atoms with Crippen LogP contribution in [0.25, 0.3) is 0 Å². The van der Waals surface area contributed by atoms with E-state index in [1.54, 1.807) is 0 Å². The quantitative estimate of drug-likeness (QED) is 0.925. The molecule has 0 saturated heterocycles. The Bertz CT molecular complexity index is 544. The van der Waals surface area contributed by atoms with Crippen LogP contribution in [0.2, 0.25) is 5.02 Å². The lowest BCUT2D eigenvalue weighted by Crippen LogP contribution is -2.05. The molecule has 0 aliphatic carbocycles. The Labute approximate surface area is 108 Å². The van der Waals surface area contributed by atoms with E-state index in [0.29, 0.717) is 11.7 Å². The molecule has 0 unspecified atom stereocenters. The second-order valence-electron chi connectivity index (χ2n) is 4.04. The number of aromatic nitrogens is 3. The number of halogens is 2. The largest absolute Gasteiger partial charge is 0.360 e. The van der Waals surface area contributed by atoms with E-state index in [9.17, 15) is 4.39 Å². The molecule has 0 aliphatic rings. The van der Waals surface area contributed by atoms with Gasteiger partial charge in [0.2, 0.25) is 5.89 Å². The summed E-state index contributed by atoms with van der Waals surface area (Å²) in [4.78, 5) is 7.99. The molecule has 2 rings (SSSR count). The minimum atomic E-state index is -0.518. The standard InChI is InChI=1S/C11H12ClFN4O/c1-6(2)11-16-9(17-18-11)5-15-10-8(13)3-7(12)4-14-10/h3-4,6H,5H2,1-2H3,(H,14,15). The van der Waals surface area contributed by atoms with E-state index in [2.05, 4.69) is 20.4 Å². The molecular formula is C11H12ClFN4O. The van der Waals surface area contributed by atoms with Crippen LogP contribution >= 0.6 is 11.6 Å². The van der Waals surface area contributed by atoms with E-state index in [4.69, 9.17) is 16.1 Å². The van der Waals surface area contributed by atoms with Crippen LogP contribution in [0.4, 0.5) is 10.2 Å². The number of hydrogen-bond acceptors (Lipinski definition) is 5. The fourth-order valence-corrected chi connectivity index (χ4v) is 1.43. The number of nitrogens with zero attached hydrogens (tertiary/aromatic N) is 3. The fraction of sp³-hybridized carbons (Fsp3) is 0.364. The molecule has 18 heavy (non-hydrogen) atoms. The van der Waals surface area contributed by atoms with Gasteiger partial charge in [0, 0.05) is 12.1 Å². The highest BCUT2D eigenvalue weighted by molar-refractivity contribution is 6.30. The van der Waals surface area contributed by atoms with Gasteiger partial charge < -0.3 is 9.84 Å². The average molecular weight is 271 g/mol. The van der Waals surface area contributed by atoms with Gasteiger partial charge in [-0.25, -0.2) is 9.37 Å². The Morgan fingerprint density at radius 1 is 1.50 bits per heavy atom. The predicted molar refractivity (Wildman–Crippen MR) is 64.9 cm³/mol. The molecule has 0 fully saturated rings. The third-order valence-corrected chi connectivity index (χ3v) is 2.41. The van der Waals surface area contributed by atoms with E-state index < -0.39 is 5.82 Å². The van der Waals surface area contributed by atoms with Gasteiger partial charge in [0.1, 0.15) is 0 Å². The molecule has 2 aromatic heterocycles. The van der Waals surface area contributed by atoms with Crippen LogP contribution in [0, 0.1) is 5.82 Å². The summed E-state index contributed by atoms with van der Waals surface area (Å²) < 4.78 is 18.4. The summed E-state index contributed by atoms with van der Waals surface area (Å²) in [5, 5.41) is 6.80. The van der Waals surface area contributed by atoms with Gasteiger partial charge in [-0.05, 0) is 6.07 Å². The van der Waals surface area contributed by atoms with Crippen LogP contribution in [0.1, 0.15) is 31.5 Å². The minimum Gasteiger partial charge on any atom is -0.360 e. The normalized spacial score (nSPS) is 10.9. The van der Waals surface area contributed by atoms with Crippen molar-refractivity contribution in [3.63, 3.8) is 0 Å². The molecule has 0 bridgehead atoms. The highest BCUT2D eigenvalue weighted by atomic mass is 35.5. The van der Waals surface area contributed by atoms with Crippen molar-refractivity contribution in [1.82, 2.24) is 15.1 Å². The minimum absolute atomic E-state index is 0.107. The molecule has 0 aromatic carbocycles. The topological polar surface area (TPSA) is 63.8 Å². The van der Waals surface area contributed by atoms with Crippen molar-refractivity contribution in [3.8, 4) is 0 Å². The van der Waals surface area contributed by atoms with E-state index in [0.717, 1.165) is 0 Å². The van der Waals surface area contributed by atoms with Gasteiger partial charge in [0.25, 0.3) is 0 Å². The zero-order valence-corrected chi connectivity index (χ0v) is 10.7. The molecule has 2 aromatic rings. The lowest BCUT2D eigenvalue weighted by Gasteiger charge is -2.03. The van der Waals surface area contributed by atoms with Gasteiger partial charge in [-0.15, -0.1) is 0 Å². The van der Waals surface area contributed by atoms with Crippen molar-refractivity contribution in [2.75, 3.05) is 5.32 Å². The van der Waals surface area contributed by atoms with Gasteiger partial charge >= 0.3 is 0 Å². The summed E-state index contributed by atoms with van der Waals surface area (Å²) in [7, 11) is 0. The fourth-order valence-electron chi connectivity index (χ4n) is 1.28. The third kappa shape index (κ3) is 2.95. The number of rotatable bonds is 4. The maximum Gasteiger partial charge on any atom is 0.229 e. The van der Waals surface area contributed by atoms with Gasteiger partial charge in [0.15, 0.2) is 17.5 Å². The molecule has 0 aliphatic heterocycles. The first-order valence-corrected chi connectivity index (χ1v) is 5.81.